The fourth-order valence-corrected chi connectivity index (χ4v) is 2.25. The number of nitrogens with two attached hydrogens (primary N) is 1. The van der Waals surface area contributed by atoms with Gasteiger partial charge in [-0.2, -0.15) is 0 Å². The summed E-state index contributed by atoms with van der Waals surface area (Å²) < 4.78 is 0. The molecule has 1 aliphatic rings. The summed E-state index contributed by atoms with van der Waals surface area (Å²) in [6.45, 7) is 2.79. The van der Waals surface area contributed by atoms with E-state index in [2.05, 4.69) is 24.2 Å². The molecule has 1 aromatic carbocycles. The molecule has 2 rings (SSSR count). The van der Waals surface area contributed by atoms with Crippen LogP contribution in [0.25, 0.3) is 0 Å². The summed E-state index contributed by atoms with van der Waals surface area (Å²) in [6, 6.07) is 8.10. The molecule has 0 spiro atoms. The predicted octanol–water partition coefficient (Wildman–Crippen LogP) is 1.53. The van der Waals surface area contributed by atoms with E-state index in [9.17, 15) is 4.79 Å². The molecule has 1 atom stereocenters. The highest BCUT2D eigenvalue weighted by Gasteiger charge is 2.29. The van der Waals surface area contributed by atoms with Crippen LogP contribution in [0.4, 0.5) is 0 Å². The SMILES string of the molecule is CC(CNC(=O)c1ccc(C(N)=S)cc1)N(C)C1CC1. The van der Waals surface area contributed by atoms with E-state index in [0.717, 1.165) is 5.56 Å². The first-order valence-corrected chi connectivity index (χ1v) is 7.30. The Morgan fingerprint density at radius 2 is 1.95 bits per heavy atom. The average Bonchev–Trinajstić information content (AvgIpc) is 3.28. The van der Waals surface area contributed by atoms with E-state index in [1.54, 1.807) is 24.3 Å². The van der Waals surface area contributed by atoms with Gasteiger partial charge >= 0.3 is 0 Å². The monoisotopic (exact) mass is 291 g/mol. The van der Waals surface area contributed by atoms with Crippen molar-refractivity contribution in [3.8, 4) is 0 Å². The first kappa shape index (κ1) is 14.9. The second-order valence-corrected chi connectivity index (χ2v) is 5.84. The average molecular weight is 291 g/mol. The number of hydrogen-bond donors (Lipinski definition) is 2. The normalized spacial score (nSPS) is 15.9. The van der Waals surface area contributed by atoms with Crippen molar-refractivity contribution in [3.05, 3.63) is 35.4 Å². The molecule has 0 bridgehead atoms. The Labute approximate surface area is 125 Å². The Balaban J connectivity index is 1.86. The fraction of sp³-hybridized carbons (Fsp3) is 0.467. The molecule has 0 heterocycles. The summed E-state index contributed by atoms with van der Waals surface area (Å²) in [5, 5.41) is 2.97. The third-order valence-corrected chi connectivity index (χ3v) is 4.04. The van der Waals surface area contributed by atoms with Crippen molar-refractivity contribution < 1.29 is 4.79 Å². The number of nitrogens with one attached hydrogen (secondary N) is 1. The van der Waals surface area contributed by atoms with Gasteiger partial charge in [0, 0.05) is 29.8 Å². The molecule has 0 aliphatic heterocycles. The Hall–Kier alpha value is -1.46. The number of rotatable bonds is 6. The van der Waals surface area contributed by atoms with Crippen molar-refractivity contribution >= 4 is 23.1 Å². The molecule has 20 heavy (non-hydrogen) atoms. The lowest BCUT2D eigenvalue weighted by molar-refractivity contribution is 0.0939. The van der Waals surface area contributed by atoms with E-state index in [4.69, 9.17) is 18.0 Å². The zero-order chi connectivity index (χ0) is 14.7. The topological polar surface area (TPSA) is 58.4 Å². The van der Waals surface area contributed by atoms with Crippen LogP contribution in [0.5, 0.6) is 0 Å². The van der Waals surface area contributed by atoms with Gasteiger partial charge in [0.15, 0.2) is 0 Å². The van der Waals surface area contributed by atoms with Crippen molar-refractivity contribution in [2.45, 2.75) is 31.8 Å². The second-order valence-electron chi connectivity index (χ2n) is 5.40. The third kappa shape index (κ3) is 3.77. The first-order chi connectivity index (χ1) is 9.49. The van der Waals surface area contributed by atoms with Gasteiger partial charge in [-0.15, -0.1) is 0 Å². The Morgan fingerprint density at radius 1 is 1.40 bits per heavy atom. The summed E-state index contributed by atoms with van der Waals surface area (Å²) in [5.41, 5.74) is 6.94. The molecule has 1 fully saturated rings. The van der Waals surface area contributed by atoms with Gasteiger partial charge < -0.3 is 11.1 Å². The number of amides is 1. The van der Waals surface area contributed by atoms with E-state index in [1.165, 1.54) is 12.8 Å². The van der Waals surface area contributed by atoms with Crippen molar-refractivity contribution in [1.82, 2.24) is 10.2 Å². The number of nitrogens with zero attached hydrogens (tertiary/aromatic N) is 1. The van der Waals surface area contributed by atoms with Gasteiger partial charge in [0.2, 0.25) is 0 Å². The maximum Gasteiger partial charge on any atom is 0.251 e. The molecule has 3 N–H and O–H groups in total. The van der Waals surface area contributed by atoms with Crippen LogP contribution in [0.1, 0.15) is 35.7 Å². The fourth-order valence-electron chi connectivity index (χ4n) is 2.11. The van der Waals surface area contributed by atoms with Gasteiger partial charge in [-0.05, 0) is 38.9 Å². The molecule has 1 saturated carbocycles. The summed E-state index contributed by atoms with van der Waals surface area (Å²) in [6.07, 6.45) is 2.55. The zero-order valence-electron chi connectivity index (χ0n) is 11.9. The van der Waals surface area contributed by atoms with E-state index >= 15 is 0 Å². The Kier molecular flexibility index (Phi) is 4.73. The van der Waals surface area contributed by atoms with E-state index in [1.807, 2.05) is 0 Å². The largest absolute Gasteiger partial charge is 0.389 e. The highest BCUT2D eigenvalue weighted by molar-refractivity contribution is 7.80. The quantitative estimate of drug-likeness (QED) is 0.781. The molecular weight excluding hydrogens is 270 g/mol. The van der Waals surface area contributed by atoms with Crippen LogP contribution >= 0.6 is 12.2 Å². The standard InChI is InChI=1S/C15H21N3OS/c1-10(18(2)13-7-8-13)9-17-15(19)12-5-3-11(4-6-12)14(16)20/h3-6,10,13H,7-9H2,1-2H3,(H2,16,20)(H,17,19). The number of hydrogen-bond acceptors (Lipinski definition) is 3. The van der Waals surface area contributed by atoms with Crippen LogP contribution in [0, 0.1) is 0 Å². The van der Waals surface area contributed by atoms with Gasteiger partial charge in [0.1, 0.15) is 4.99 Å². The maximum absolute atomic E-state index is 12.0. The smallest absolute Gasteiger partial charge is 0.251 e. The summed E-state index contributed by atoms with van der Waals surface area (Å²) >= 11 is 4.89. The van der Waals surface area contributed by atoms with E-state index < -0.39 is 0 Å². The van der Waals surface area contributed by atoms with Crippen molar-refractivity contribution in [2.24, 2.45) is 5.73 Å². The van der Waals surface area contributed by atoms with E-state index in [0.29, 0.717) is 29.2 Å². The number of benzene rings is 1. The lowest BCUT2D eigenvalue weighted by Crippen LogP contribution is -2.41. The van der Waals surface area contributed by atoms with Crippen molar-refractivity contribution in [1.29, 1.82) is 0 Å². The van der Waals surface area contributed by atoms with Gasteiger partial charge in [0.05, 0.1) is 0 Å². The minimum Gasteiger partial charge on any atom is -0.389 e. The lowest BCUT2D eigenvalue weighted by Gasteiger charge is -2.24. The molecule has 0 aromatic heterocycles. The molecule has 1 unspecified atom stereocenters. The number of thiocarbonyl (C=S) groups is 1. The molecule has 0 radical (unpaired) electrons. The summed E-state index contributed by atoms with van der Waals surface area (Å²) in [4.78, 5) is 14.7. The number of carbonyl (C=O) groups is 1. The maximum atomic E-state index is 12.0. The summed E-state index contributed by atoms with van der Waals surface area (Å²) in [5.74, 6) is -0.0597. The molecule has 0 saturated heterocycles. The highest BCUT2D eigenvalue weighted by Crippen LogP contribution is 2.26. The van der Waals surface area contributed by atoms with E-state index in [-0.39, 0.29) is 5.91 Å². The minimum atomic E-state index is -0.0597. The van der Waals surface area contributed by atoms with Gasteiger partial charge in [-0.25, -0.2) is 0 Å². The Morgan fingerprint density at radius 3 is 2.45 bits per heavy atom. The highest BCUT2D eigenvalue weighted by atomic mass is 32.1. The second kappa shape index (κ2) is 6.33. The summed E-state index contributed by atoms with van der Waals surface area (Å²) in [7, 11) is 2.12. The minimum absolute atomic E-state index is 0.0597. The molecule has 1 aliphatic carbocycles. The number of carbonyl (C=O) groups excluding carboxylic acids is 1. The van der Waals surface area contributed by atoms with Gasteiger partial charge in [0.25, 0.3) is 5.91 Å². The van der Waals surface area contributed by atoms with Crippen LogP contribution in [0.3, 0.4) is 0 Å². The number of likely N-dealkylation sites (N-methyl/N-ethyl adjacent to an activating group) is 1. The van der Waals surface area contributed by atoms with Crippen LogP contribution < -0.4 is 11.1 Å². The lowest BCUT2D eigenvalue weighted by atomic mass is 10.1. The molecule has 4 nitrogen and oxygen atoms in total. The van der Waals surface area contributed by atoms with Crippen LogP contribution in [-0.2, 0) is 0 Å². The van der Waals surface area contributed by atoms with Crippen LogP contribution in [-0.4, -0.2) is 41.5 Å². The molecule has 5 heteroatoms. The van der Waals surface area contributed by atoms with Crippen LogP contribution in [0.15, 0.2) is 24.3 Å². The zero-order valence-corrected chi connectivity index (χ0v) is 12.7. The van der Waals surface area contributed by atoms with Gasteiger partial charge in [-0.3, -0.25) is 9.69 Å². The van der Waals surface area contributed by atoms with Gasteiger partial charge in [-0.1, -0.05) is 24.4 Å². The third-order valence-electron chi connectivity index (χ3n) is 3.81. The van der Waals surface area contributed by atoms with Crippen molar-refractivity contribution in [3.63, 3.8) is 0 Å². The molecule has 108 valence electrons. The van der Waals surface area contributed by atoms with Crippen molar-refractivity contribution in [2.75, 3.05) is 13.6 Å². The van der Waals surface area contributed by atoms with Crippen LogP contribution in [0.2, 0.25) is 0 Å². The molecule has 1 aromatic rings. The molecule has 1 amide bonds. The molecular formula is C15H21N3OS. The Bertz CT molecular complexity index is 496. The predicted molar refractivity (Wildman–Crippen MR) is 84.9 cm³/mol. The first-order valence-electron chi connectivity index (χ1n) is 6.89.